The third-order valence-corrected chi connectivity index (χ3v) is 8.14. The van der Waals surface area contributed by atoms with Gasteiger partial charge >= 0.3 is 16.3 Å². The van der Waals surface area contributed by atoms with Crippen LogP contribution >= 0.6 is 11.3 Å². The van der Waals surface area contributed by atoms with E-state index in [1.54, 1.807) is 21.8 Å². The molecule has 12 nitrogen and oxygen atoms in total. The molecule has 2 N–H and O–H groups in total. The zero-order chi connectivity index (χ0) is 29.4. The number of amides is 3. The number of carbonyl (C=O) groups is 3. The number of carboxylic acid groups (broad SMARTS) is 1. The summed E-state index contributed by atoms with van der Waals surface area (Å²) in [5, 5.41) is 10.6. The first kappa shape index (κ1) is 30.4. The first-order chi connectivity index (χ1) is 19.0. The van der Waals surface area contributed by atoms with E-state index in [9.17, 15) is 22.8 Å². The van der Waals surface area contributed by atoms with Crippen LogP contribution in [0.25, 0.3) is 0 Å². The molecule has 0 bridgehead atoms. The maximum atomic E-state index is 13.7. The molecule has 3 amide bonds. The molecule has 0 saturated heterocycles. The molecule has 2 aromatic carbocycles. The largest absolute Gasteiger partial charge is 0.496 e. The number of nitrogens with zero attached hydrogens (tertiary/aromatic N) is 3. The van der Waals surface area contributed by atoms with Gasteiger partial charge in [-0.15, -0.1) is 11.3 Å². The molecule has 40 heavy (non-hydrogen) atoms. The van der Waals surface area contributed by atoms with E-state index in [2.05, 4.69) is 4.98 Å². The smallest absolute Gasteiger partial charge is 0.422 e. The Morgan fingerprint density at radius 2 is 1.70 bits per heavy atom. The van der Waals surface area contributed by atoms with Crippen molar-refractivity contribution in [2.24, 2.45) is 0 Å². The fourth-order valence-corrected chi connectivity index (χ4v) is 5.23. The van der Waals surface area contributed by atoms with Crippen LogP contribution < -0.4 is 14.2 Å². The van der Waals surface area contributed by atoms with Crippen molar-refractivity contribution >= 4 is 39.5 Å². The van der Waals surface area contributed by atoms with Crippen molar-refractivity contribution in [3.8, 4) is 11.5 Å². The molecular weight excluding hydrogens is 560 g/mol. The zero-order valence-electron chi connectivity index (χ0n) is 22.4. The normalized spacial score (nSPS) is 11.0. The van der Waals surface area contributed by atoms with Crippen molar-refractivity contribution in [2.45, 2.75) is 26.3 Å². The van der Waals surface area contributed by atoms with Gasteiger partial charge in [-0.2, -0.15) is 12.7 Å². The number of hydrogen-bond acceptors (Lipinski definition) is 9. The number of methoxy groups -OCH3 is 2. The molecule has 0 unspecified atom stereocenters. The number of aryl methyl sites for hydroxylation is 1. The van der Waals surface area contributed by atoms with E-state index in [0.717, 1.165) is 35.9 Å². The lowest BCUT2D eigenvalue weighted by Gasteiger charge is -2.23. The molecule has 14 heteroatoms. The second kappa shape index (κ2) is 13.3. The third kappa shape index (κ3) is 7.48. The van der Waals surface area contributed by atoms with Gasteiger partial charge in [0, 0.05) is 30.1 Å². The Morgan fingerprint density at radius 1 is 1.07 bits per heavy atom. The predicted octanol–water partition coefficient (Wildman–Crippen LogP) is 3.33. The molecule has 214 valence electrons. The van der Waals surface area contributed by atoms with Gasteiger partial charge in [0.15, 0.2) is 0 Å². The molecule has 0 aliphatic rings. The van der Waals surface area contributed by atoms with Gasteiger partial charge < -0.3 is 19.5 Å². The van der Waals surface area contributed by atoms with Gasteiger partial charge in [-0.25, -0.2) is 14.5 Å². The molecule has 0 aliphatic heterocycles. The third-order valence-electron chi connectivity index (χ3n) is 5.98. The van der Waals surface area contributed by atoms with Crippen LogP contribution in [0.4, 0.5) is 4.79 Å². The van der Waals surface area contributed by atoms with E-state index in [1.807, 2.05) is 37.3 Å². The maximum absolute atomic E-state index is 13.7. The zero-order valence-corrected chi connectivity index (χ0v) is 24.0. The molecule has 1 aromatic heterocycles. The summed E-state index contributed by atoms with van der Waals surface area (Å²) in [6.07, 6.45) is -0.381. The number of rotatable bonds is 12. The van der Waals surface area contributed by atoms with Gasteiger partial charge in [-0.05, 0) is 37.5 Å². The van der Waals surface area contributed by atoms with Gasteiger partial charge in [0.2, 0.25) is 0 Å². The fourth-order valence-electron chi connectivity index (χ4n) is 3.76. The van der Waals surface area contributed by atoms with Gasteiger partial charge in [0.25, 0.3) is 11.8 Å². The molecule has 0 aliphatic carbocycles. The second-order valence-electron chi connectivity index (χ2n) is 8.63. The van der Waals surface area contributed by atoms with Gasteiger partial charge in [0.1, 0.15) is 22.2 Å². The summed E-state index contributed by atoms with van der Waals surface area (Å²) in [4.78, 5) is 42.9. The average Bonchev–Trinajstić information content (AvgIpc) is 3.41. The number of benzene rings is 2. The SMILES string of the molecule is COc1cc(C(=O)N(CCCc2ccccc2)Cc2nc(C(=O)NS(=O)(=O)N(C)C(=O)O)cs2)cc(OC)c1C. The van der Waals surface area contributed by atoms with Crippen LogP contribution in [0, 0.1) is 6.92 Å². The van der Waals surface area contributed by atoms with Crippen molar-refractivity contribution in [3.63, 3.8) is 0 Å². The van der Waals surface area contributed by atoms with Gasteiger partial charge in [-0.1, -0.05) is 30.3 Å². The number of hydrogen-bond donors (Lipinski definition) is 2. The highest BCUT2D eigenvalue weighted by Crippen LogP contribution is 2.30. The fraction of sp³-hybridized carbons (Fsp3) is 0.308. The number of ether oxygens (including phenoxy) is 2. The minimum absolute atomic E-state index is 0.0184. The van der Waals surface area contributed by atoms with Crippen LogP contribution in [0.5, 0.6) is 11.5 Å². The molecule has 0 spiro atoms. The Labute approximate surface area is 236 Å². The van der Waals surface area contributed by atoms with Crippen LogP contribution in [-0.2, 0) is 23.2 Å². The highest BCUT2D eigenvalue weighted by molar-refractivity contribution is 7.88. The molecule has 0 saturated carbocycles. The number of carbonyl (C=O) groups excluding carboxylic acids is 2. The van der Waals surface area contributed by atoms with Gasteiger partial charge in [0.05, 0.1) is 20.8 Å². The number of aromatic nitrogens is 1. The topological polar surface area (TPSA) is 155 Å². The average molecular weight is 591 g/mol. The standard InChI is InChI=1S/C26H30N4O8S2/c1-17-21(37-3)13-19(14-22(17)38-4)25(32)30(12-8-11-18-9-6-5-7-10-18)15-23-27-20(16-39-23)24(31)28-40(35,36)29(2)26(33)34/h5-7,9-10,13-14,16H,8,11-12,15H2,1-4H3,(H,28,31)(H,33,34). The summed E-state index contributed by atoms with van der Waals surface area (Å²) in [5.41, 5.74) is 1.99. The van der Waals surface area contributed by atoms with Crippen molar-refractivity contribution < 1.29 is 37.4 Å². The molecular formula is C26H30N4O8S2. The highest BCUT2D eigenvalue weighted by atomic mass is 32.2. The molecule has 3 aromatic rings. The summed E-state index contributed by atoms with van der Waals surface area (Å²) in [6, 6.07) is 13.1. The maximum Gasteiger partial charge on any atom is 0.422 e. The summed E-state index contributed by atoms with van der Waals surface area (Å²) >= 11 is 1.07. The highest BCUT2D eigenvalue weighted by Gasteiger charge is 2.27. The van der Waals surface area contributed by atoms with Crippen LogP contribution in [0.1, 0.15) is 43.4 Å². The van der Waals surface area contributed by atoms with Crippen molar-refractivity contribution in [2.75, 3.05) is 27.8 Å². The minimum Gasteiger partial charge on any atom is -0.496 e. The molecule has 3 rings (SSSR count). The molecule has 0 atom stereocenters. The Bertz CT molecular complexity index is 1450. The molecule has 1 heterocycles. The Morgan fingerprint density at radius 3 is 2.27 bits per heavy atom. The van der Waals surface area contributed by atoms with Crippen LogP contribution in [-0.4, -0.2) is 73.4 Å². The van der Waals surface area contributed by atoms with E-state index in [1.165, 1.54) is 19.6 Å². The molecule has 0 radical (unpaired) electrons. The van der Waals surface area contributed by atoms with Crippen molar-refractivity contribution in [1.29, 1.82) is 0 Å². The van der Waals surface area contributed by atoms with E-state index >= 15 is 0 Å². The minimum atomic E-state index is -4.61. The summed E-state index contributed by atoms with van der Waals surface area (Å²) in [6.45, 7) is 2.23. The lowest BCUT2D eigenvalue weighted by atomic mass is 10.1. The number of thiazole rings is 1. The molecule has 0 fully saturated rings. The first-order valence-corrected chi connectivity index (χ1v) is 14.3. The lowest BCUT2D eigenvalue weighted by molar-refractivity contribution is 0.0740. The quantitative estimate of drug-likeness (QED) is 0.323. The summed E-state index contributed by atoms with van der Waals surface area (Å²) < 4.78 is 36.6. The van der Waals surface area contributed by atoms with Crippen LogP contribution in [0.2, 0.25) is 0 Å². The van der Waals surface area contributed by atoms with Crippen molar-refractivity contribution in [3.05, 3.63) is 75.2 Å². The second-order valence-corrected chi connectivity index (χ2v) is 11.3. The van der Waals surface area contributed by atoms with E-state index in [-0.39, 0.29) is 22.5 Å². The number of nitrogens with one attached hydrogen (secondary N) is 1. The van der Waals surface area contributed by atoms with Crippen LogP contribution in [0.3, 0.4) is 0 Å². The Balaban J connectivity index is 1.83. The lowest BCUT2D eigenvalue weighted by Crippen LogP contribution is -2.43. The van der Waals surface area contributed by atoms with Crippen LogP contribution in [0.15, 0.2) is 47.8 Å². The Hall–Kier alpha value is -4.17. The first-order valence-electron chi connectivity index (χ1n) is 12.0. The Kier molecular flexibility index (Phi) is 10.1. The predicted molar refractivity (Wildman–Crippen MR) is 148 cm³/mol. The monoisotopic (exact) mass is 590 g/mol. The van der Waals surface area contributed by atoms with E-state index < -0.39 is 22.2 Å². The summed E-state index contributed by atoms with van der Waals surface area (Å²) in [5.74, 6) is -0.414. The van der Waals surface area contributed by atoms with E-state index in [0.29, 0.717) is 35.0 Å². The summed E-state index contributed by atoms with van der Waals surface area (Å²) in [7, 11) is -0.816. The van der Waals surface area contributed by atoms with Crippen molar-refractivity contribution in [1.82, 2.24) is 18.9 Å². The van der Waals surface area contributed by atoms with Gasteiger partial charge in [-0.3, -0.25) is 9.59 Å². The van der Waals surface area contributed by atoms with E-state index in [4.69, 9.17) is 14.6 Å².